The van der Waals surface area contributed by atoms with Crippen molar-refractivity contribution in [2.24, 2.45) is 0 Å². The van der Waals surface area contributed by atoms with E-state index in [0.717, 1.165) is 12.8 Å². The minimum Gasteiger partial charge on any atom is -0.482 e. The van der Waals surface area contributed by atoms with Gasteiger partial charge in [0.1, 0.15) is 5.75 Å². The molecule has 2 N–H and O–H groups in total. The molecule has 0 bridgehead atoms. The Morgan fingerprint density at radius 3 is 2.71 bits per heavy atom. The van der Waals surface area contributed by atoms with Gasteiger partial charge in [0.25, 0.3) is 5.91 Å². The van der Waals surface area contributed by atoms with Gasteiger partial charge in [0.05, 0.1) is 12.1 Å². The van der Waals surface area contributed by atoms with Gasteiger partial charge in [-0.15, -0.1) is 6.42 Å². The van der Waals surface area contributed by atoms with Gasteiger partial charge in [0.2, 0.25) is 5.91 Å². The molecule has 1 rings (SSSR count). The minimum absolute atomic E-state index is 0.0529. The maximum Gasteiger partial charge on any atom is 0.258 e. The van der Waals surface area contributed by atoms with Gasteiger partial charge >= 0.3 is 0 Å². The van der Waals surface area contributed by atoms with Crippen molar-refractivity contribution in [2.75, 3.05) is 19.7 Å². The first kappa shape index (κ1) is 16.6. The molecule has 0 unspecified atom stereocenters. The predicted octanol–water partition coefficient (Wildman–Crippen LogP) is 1.08. The third-order valence-electron chi connectivity index (χ3n) is 2.70. The van der Waals surface area contributed by atoms with E-state index in [1.165, 1.54) is 0 Å². The Labute approximate surface area is 125 Å². The van der Waals surface area contributed by atoms with E-state index in [-0.39, 0.29) is 25.0 Å². The number of nitrogens with one attached hydrogen (secondary N) is 2. The Morgan fingerprint density at radius 2 is 2.00 bits per heavy atom. The van der Waals surface area contributed by atoms with Crippen molar-refractivity contribution in [1.82, 2.24) is 10.6 Å². The van der Waals surface area contributed by atoms with Crippen LogP contribution in [-0.4, -0.2) is 31.5 Å². The Kier molecular flexibility index (Phi) is 7.44. The summed E-state index contributed by atoms with van der Waals surface area (Å²) in [7, 11) is 0. The van der Waals surface area contributed by atoms with Crippen LogP contribution in [0.5, 0.6) is 5.75 Å². The number of terminal acetylenes is 1. The van der Waals surface area contributed by atoms with Crippen LogP contribution < -0.4 is 15.4 Å². The first-order chi connectivity index (χ1) is 10.2. The first-order valence-electron chi connectivity index (χ1n) is 6.89. The Morgan fingerprint density at radius 1 is 1.24 bits per heavy atom. The Bertz CT molecular complexity index is 520. The van der Waals surface area contributed by atoms with E-state index in [2.05, 4.69) is 16.6 Å². The van der Waals surface area contributed by atoms with Gasteiger partial charge < -0.3 is 15.4 Å². The molecule has 1 aromatic rings. The van der Waals surface area contributed by atoms with Gasteiger partial charge in [-0.1, -0.05) is 31.4 Å². The molecule has 0 aromatic heterocycles. The Hall–Kier alpha value is -2.48. The van der Waals surface area contributed by atoms with Crippen LogP contribution >= 0.6 is 0 Å². The number of unbranched alkanes of at least 4 members (excludes halogenated alkanes) is 1. The second kappa shape index (κ2) is 9.43. The summed E-state index contributed by atoms with van der Waals surface area (Å²) in [6, 6.07) is 6.99. The first-order valence-corrected chi connectivity index (χ1v) is 6.89. The second-order valence-corrected chi connectivity index (χ2v) is 4.41. The summed E-state index contributed by atoms with van der Waals surface area (Å²) in [5.41, 5.74) is 0.586. The van der Waals surface area contributed by atoms with Gasteiger partial charge in [-0.25, -0.2) is 0 Å². The number of hydrogen-bond acceptors (Lipinski definition) is 3. The molecule has 2 amide bonds. The van der Waals surface area contributed by atoms with Crippen molar-refractivity contribution >= 4 is 11.8 Å². The molecule has 0 saturated heterocycles. The number of amides is 2. The maximum absolute atomic E-state index is 11.6. The van der Waals surface area contributed by atoms with Crippen molar-refractivity contribution in [3.63, 3.8) is 0 Å². The van der Waals surface area contributed by atoms with E-state index in [1.807, 2.05) is 6.92 Å². The molecule has 0 aliphatic rings. The second-order valence-electron chi connectivity index (χ2n) is 4.41. The summed E-state index contributed by atoms with van der Waals surface area (Å²) < 4.78 is 5.33. The number of carbonyl (C=O) groups excluding carboxylic acids is 2. The van der Waals surface area contributed by atoms with Crippen LogP contribution in [0, 0.1) is 12.3 Å². The lowest BCUT2D eigenvalue weighted by atomic mass is 10.2. The number of ether oxygens (including phenoxy) is 1. The summed E-state index contributed by atoms with van der Waals surface area (Å²) in [5.74, 6) is 2.38. The summed E-state index contributed by atoms with van der Waals surface area (Å²) in [4.78, 5) is 23.0. The molecule has 21 heavy (non-hydrogen) atoms. The molecule has 5 nitrogen and oxygen atoms in total. The molecule has 112 valence electrons. The fourth-order valence-electron chi connectivity index (χ4n) is 1.55. The monoisotopic (exact) mass is 288 g/mol. The molecule has 5 heteroatoms. The number of carbonyl (C=O) groups is 2. The molecule has 0 spiro atoms. The van der Waals surface area contributed by atoms with Gasteiger partial charge in [-0.3, -0.25) is 9.59 Å². The van der Waals surface area contributed by atoms with E-state index >= 15 is 0 Å². The van der Waals surface area contributed by atoms with E-state index < -0.39 is 0 Å². The molecule has 0 aliphatic heterocycles. The zero-order chi connectivity index (χ0) is 15.5. The smallest absolute Gasteiger partial charge is 0.258 e. The zero-order valence-electron chi connectivity index (χ0n) is 12.1. The highest BCUT2D eigenvalue weighted by atomic mass is 16.5. The van der Waals surface area contributed by atoms with Crippen LogP contribution in [0.2, 0.25) is 0 Å². The normalized spacial score (nSPS) is 9.52. The van der Waals surface area contributed by atoms with Gasteiger partial charge in [0.15, 0.2) is 6.61 Å². The van der Waals surface area contributed by atoms with Crippen LogP contribution in [0.4, 0.5) is 0 Å². The van der Waals surface area contributed by atoms with Crippen LogP contribution in [-0.2, 0) is 9.59 Å². The Balaban J connectivity index is 2.28. The number of hydrogen-bond donors (Lipinski definition) is 2. The molecule has 0 fully saturated rings. The number of para-hydroxylation sites is 1. The highest BCUT2D eigenvalue weighted by Gasteiger charge is 2.07. The lowest BCUT2D eigenvalue weighted by Gasteiger charge is -2.09. The quantitative estimate of drug-likeness (QED) is 0.555. The van der Waals surface area contributed by atoms with Crippen LogP contribution in [0.15, 0.2) is 24.3 Å². The van der Waals surface area contributed by atoms with E-state index in [1.54, 1.807) is 24.3 Å². The lowest BCUT2D eigenvalue weighted by molar-refractivity contribution is -0.127. The highest BCUT2D eigenvalue weighted by Crippen LogP contribution is 2.15. The van der Waals surface area contributed by atoms with Crippen LogP contribution in [0.3, 0.4) is 0 Å². The van der Waals surface area contributed by atoms with E-state index in [0.29, 0.717) is 17.9 Å². The van der Waals surface area contributed by atoms with E-state index in [4.69, 9.17) is 11.2 Å². The largest absolute Gasteiger partial charge is 0.482 e. The fourth-order valence-corrected chi connectivity index (χ4v) is 1.55. The summed E-state index contributed by atoms with van der Waals surface area (Å²) in [6.07, 6.45) is 7.26. The van der Waals surface area contributed by atoms with Crippen molar-refractivity contribution in [2.45, 2.75) is 19.8 Å². The molecule has 1 aromatic carbocycles. The fraction of sp³-hybridized carbons (Fsp3) is 0.375. The molecule has 0 atom stereocenters. The highest BCUT2D eigenvalue weighted by molar-refractivity contribution is 5.85. The van der Waals surface area contributed by atoms with Crippen LogP contribution in [0.25, 0.3) is 0 Å². The van der Waals surface area contributed by atoms with Crippen molar-refractivity contribution in [3.05, 3.63) is 29.8 Å². The van der Waals surface area contributed by atoms with Crippen molar-refractivity contribution in [1.29, 1.82) is 0 Å². The van der Waals surface area contributed by atoms with Crippen LogP contribution in [0.1, 0.15) is 25.3 Å². The standard InChI is InChI=1S/C16H20N2O3/c1-3-5-10-17-15(19)11-18-16(20)12-21-14-9-7-6-8-13(14)4-2/h2,6-9H,3,5,10-12H2,1H3,(H,17,19)(H,18,20). The summed E-state index contributed by atoms with van der Waals surface area (Å²) in [5, 5.41) is 5.20. The molecular formula is C16H20N2O3. The lowest BCUT2D eigenvalue weighted by Crippen LogP contribution is -2.39. The minimum atomic E-state index is -0.368. The maximum atomic E-state index is 11.6. The van der Waals surface area contributed by atoms with E-state index in [9.17, 15) is 9.59 Å². The topological polar surface area (TPSA) is 67.4 Å². The zero-order valence-corrected chi connectivity index (χ0v) is 12.1. The molecule has 0 heterocycles. The number of benzene rings is 1. The predicted molar refractivity (Wildman–Crippen MR) is 80.8 cm³/mol. The summed E-state index contributed by atoms with van der Waals surface area (Å²) in [6.45, 7) is 2.43. The average molecular weight is 288 g/mol. The molecule has 0 aliphatic carbocycles. The average Bonchev–Trinajstić information content (AvgIpc) is 2.51. The SMILES string of the molecule is C#Cc1ccccc1OCC(=O)NCC(=O)NCCCC. The van der Waals surface area contributed by atoms with Gasteiger partial charge in [-0.2, -0.15) is 0 Å². The van der Waals surface area contributed by atoms with Crippen molar-refractivity contribution in [3.8, 4) is 18.1 Å². The summed E-state index contributed by atoms with van der Waals surface area (Å²) >= 11 is 0. The van der Waals surface area contributed by atoms with Gasteiger partial charge in [0, 0.05) is 6.54 Å². The third-order valence-corrected chi connectivity index (χ3v) is 2.70. The molecule has 0 saturated carbocycles. The van der Waals surface area contributed by atoms with Gasteiger partial charge in [-0.05, 0) is 18.6 Å². The molecule has 0 radical (unpaired) electrons. The molecular weight excluding hydrogens is 268 g/mol. The third kappa shape index (κ3) is 6.48. The number of rotatable bonds is 8. The van der Waals surface area contributed by atoms with Crippen molar-refractivity contribution < 1.29 is 14.3 Å².